The normalized spacial score (nSPS) is 12.2. The van der Waals surface area contributed by atoms with Gasteiger partial charge in [0.2, 0.25) is 0 Å². The second-order valence-corrected chi connectivity index (χ2v) is 7.16. The molecule has 3 rings (SSSR count). The van der Waals surface area contributed by atoms with Gasteiger partial charge in [-0.25, -0.2) is 0 Å². The molecule has 0 atom stereocenters. The molecule has 2 aromatic rings. The van der Waals surface area contributed by atoms with Gasteiger partial charge in [-0.2, -0.15) is 0 Å². The van der Waals surface area contributed by atoms with E-state index in [-0.39, 0.29) is 38.3 Å². The highest BCUT2D eigenvalue weighted by molar-refractivity contribution is 6.45. The van der Waals surface area contributed by atoms with Crippen molar-refractivity contribution in [2.24, 2.45) is 0 Å². The van der Waals surface area contributed by atoms with Crippen molar-refractivity contribution in [2.45, 2.75) is 13.3 Å². The van der Waals surface area contributed by atoms with E-state index >= 15 is 0 Å². The Kier molecular flexibility index (Phi) is 6.24. The molecule has 1 heterocycles. The van der Waals surface area contributed by atoms with E-state index in [2.05, 4.69) is 17.2 Å². The van der Waals surface area contributed by atoms with Crippen LogP contribution in [-0.2, 0) is 4.79 Å². The number of benzene rings is 2. The van der Waals surface area contributed by atoms with Crippen LogP contribution in [0.2, 0.25) is 10.0 Å². The molecule has 7 nitrogen and oxygen atoms in total. The zero-order valence-electron chi connectivity index (χ0n) is 15.8. The third-order valence-corrected chi connectivity index (χ3v) is 5.28. The van der Waals surface area contributed by atoms with Gasteiger partial charge in [0.25, 0.3) is 17.7 Å². The molecular formula is C21H16Cl2N2O5. The summed E-state index contributed by atoms with van der Waals surface area (Å²) in [4.78, 5) is 47.7. The Balaban J connectivity index is 1.67. The highest BCUT2D eigenvalue weighted by Crippen LogP contribution is 2.35. The predicted octanol–water partition coefficient (Wildman–Crippen LogP) is 4.04. The quantitative estimate of drug-likeness (QED) is 0.379. The van der Waals surface area contributed by atoms with Gasteiger partial charge in [0.15, 0.2) is 12.4 Å². The summed E-state index contributed by atoms with van der Waals surface area (Å²) in [5.41, 5.74) is 1.36. The summed E-state index contributed by atoms with van der Waals surface area (Å²) < 4.78 is 5.41. The number of hydrogen-bond acceptors (Lipinski definition) is 5. The van der Waals surface area contributed by atoms with Gasteiger partial charge in [0.1, 0.15) is 10.8 Å². The molecule has 0 fully saturated rings. The lowest BCUT2D eigenvalue weighted by Crippen LogP contribution is -2.21. The van der Waals surface area contributed by atoms with Crippen LogP contribution in [0.4, 0.5) is 5.69 Å². The number of allylic oxidation sites excluding steroid dienone is 1. The summed E-state index contributed by atoms with van der Waals surface area (Å²) >= 11 is 12.4. The molecule has 0 radical (unpaired) electrons. The average Bonchev–Trinajstić information content (AvgIpc) is 3.01. The standard InChI is InChI=1S/C21H16Cl2N2O5/c1-3-10(2)19(27)13-6-7-15(18(23)17(13)22)30-9-16(26)24-11-4-5-12-14(8-11)21(29)25-20(12)28/h4-8H,2-3,9H2,1H3,(H,24,26)(H,25,28,29). The number of anilines is 1. The van der Waals surface area contributed by atoms with Crippen molar-refractivity contribution in [1.29, 1.82) is 0 Å². The molecule has 0 bridgehead atoms. The largest absolute Gasteiger partial charge is 0.482 e. The minimum Gasteiger partial charge on any atom is -0.482 e. The molecule has 0 aliphatic carbocycles. The first-order chi connectivity index (χ1) is 14.2. The van der Waals surface area contributed by atoms with E-state index in [0.717, 1.165) is 0 Å². The van der Waals surface area contributed by atoms with E-state index in [1.807, 2.05) is 0 Å². The zero-order chi connectivity index (χ0) is 22.0. The fourth-order valence-electron chi connectivity index (χ4n) is 2.76. The van der Waals surface area contributed by atoms with Crippen LogP contribution >= 0.6 is 23.2 Å². The number of fused-ring (bicyclic) bond motifs is 1. The van der Waals surface area contributed by atoms with E-state index < -0.39 is 24.3 Å². The smallest absolute Gasteiger partial charge is 0.262 e. The summed E-state index contributed by atoms with van der Waals surface area (Å²) in [6.45, 7) is 5.10. The predicted molar refractivity (Wildman–Crippen MR) is 113 cm³/mol. The van der Waals surface area contributed by atoms with Gasteiger partial charge in [0, 0.05) is 11.3 Å². The van der Waals surface area contributed by atoms with Crippen LogP contribution in [0.25, 0.3) is 0 Å². The number of nitrogens with one attached hydrogen (secondary N) is 2. The van der Waals surface area contributed by atoms with Gasteiger partial charge in [-0.1, -0.05) is 36.7 Å². The second-order valence-electron chi connectivity index (χ2n) is 6.41. The van der Waals surface area contributed by atoms with Gasteiger partial charge < -0.3 is 10.1 Å². The van der Waals surface area contributed by atoms with Crippen molar-refractivity contribution in [3.05, 3.63) is 69.2 Å². The number of hydrogen-bond donors (Lipinski definition) is 2. The number of rotatable bonds is 7. The van der Waals surface area contributed by atoms with Crippen molar-refractivity contribution >= 4 is 52.4 Å². The molecule has 2 aromatic carbocycles. The maximum absolute atomic E-state index is 12.3. The molecule has 0 unspecified atom stereocenters. The molecule has 1 aliphatic rings. The van der Waals surface area contributed by atoms with E-state index in [4.69, 9.17) is 27.9 Å². The number of ether oxygens (including phenoxy) is 1. The molecule has 1 aliphatic heterocycles. The van der Waals surface area contributed by atoms with Gasteiger partial charge >= 0.3 is 0 Å². The summed E-state index contributed by atoms with van der Waals surface area (Å²) in [6, 6.07) is 7.25. The molecule has 154 valence electrons. The Morgan fingerprint density at radius 1 is 1.07 bits per heavy atom. The second kappa shape index (κ2) is 8.69. The first kappa shape index (κ1) is 21.5. The molecule has 0 saturated carbocycles. The van der Waals surface area contributed by atoms with Crippen molar-refractivity contribution in [3.8, 4) is 5.75 Å². The Hall–Kier alpha value is -3.16. The molecule has 2 N–H and O–H groups in total. The first-order valence-corrected chi connectivity index (χ1v) is 9.61. The van der Waals surface area contributed by atoms with Crippen LogP contribution in [-0.4, -0.2) is 30.1 Å². The van der Waals surface area contributed by atoms with Crippen LogP contribution in [0.1, 0.15) is 44.4 Å². The number of carbonyl (C=O) groups is 4. The minimum atomic E-state index is -0.524. The SMILES string of the molecule is C=C(CC)C(=O)c1ccc(OCC(=O)Nc2ccc3c(c2)C(=O)NC3=O)c(Cl)c1Cl. The topological polar surface area (TPSA) is 102 Å². The maximum Gasteiger partial charge on any atom is 0.262 e. The lowest BCUT2D eigenvalue weighted by Gasteiger charge is -2.12. The third-order valence-electron chi connectivity index (χ3n) is 4.42. The van der Waals surface area contributed by atoms with Gasteiger partial charge in [-0.15, -0.1) is 0 Å². The van der Waals surface area contributed by atoms with E-state index in [1.165, 1.54) is 30.3 Å². The van der Waals surface area contributed by atoms with Crippen LogP contribution in [0.5, 0.6) is 5.75 Å². The molecule has 0 spiro atoms. The number of Topliss-reactive ketones (excluding diaryl/α,β-unsaturated/α-hetero) is 1. The van der Waals surface area contributed by atoms with Crippen LogP contribution in [0.3, 0.4) is 0 Å². The fourth-order valence-corrected chi connectivity index (χ4v) is 3.22. The lowest BCUT2D eigenvalue weighted by molar-refractivity contribution is -0.118. The average molecular weight is 447 g/mol. The number of imide groups is 1. The zero-order valence-corrected chi connectivity index (χ0v) is 17.3. The van der Waals surface area contributed by atoms with E-state index in [9.17, 15) is 19.2 Å². The monoisotopic (exact) mass is 446 g/mol. The highest BCUT2D eigenvalue weighted by Gasteiger charge is 2.27. The van der Waals surface area contributed by atoms with Crippen molar-refractivity contribution < 1.29 is 23.9 Å². The molecule has 30 heavy (non-hydrogen) atoms. The highest BCUT2D eigenvalue weighted by atomic mass is 35.5. The number of halogens is 2. The third kappa shape index (κ3) is 4.22. The summed E-state index contributed by atoms with van der Waals surface area (Å²) in [5, 5.41) is 4.76. The molecular weight excluding hydrogens is 431 g/mol. The summed E-state index contributed by atoms with van der Waals surface area (Å²) in [7, 11) is 0. The molecule has 3 amide bonds. The minimum absolute atomic E-state index is 0.00642. The van der Waals surface area contributed by atoms with Gasteiger partial charge in [-0.3, -0.25) is 24.5 Å². The van der Waals surface area contributed by atoms with Crippen LogP contribution < -0.4 is 15.4 Å². The van der Waals surface area contributed by atoms with Gasteiger partial charge in [-0.05, 0) is 42.3 Å². The molecule has 0 saturated heterocycles. The Bertz CT molecular complexity index is 1110. The summed E-state index contributed by atoms with van der Waals surface area (Å²) in [5.74, 6) is -1.70. The van der Waals surface area contributed by atoms with Crippen LogP contribution in [0.15, 0.2) is 42.5 Å². The van der Waals surface area contributed by atoms with E-state index in [1.54, 1.807) is 6.92 Å². The lowest BCUT2D eigenvalue weighted by atomic mass is 10.0. The van der Waals surface area contributed by atoms with E-state index in [0.29, 0.717) is 17.7 Å². The first-order valence-electron chi connectivity index (χ1n) is 8.85. The van der Waals surface area contributed by atoms with Crippen LogP contribution in [0, 0.1) is 0 Å². The Morgan fingerprint density at radius 2 is 1.77 bits per heavy atom. The van der Waals surface area contributed by atoms with Crippen molar-refractivity contribution in [1.82, 2.24) is 5.32 Å². The maximum atomic E-state index is 12.3. The Labute approximate surface area is 182 Å². The fraction of sp³-hybridized carbons (Fsp3) is 0.143. The number of ketones is 1. The molecule has 0 aromatic heterocycles. The number of carbonyl (C=O) groups excluding carboxylic acids is 4. The Morgan fingerprint density at radius 3 is 2.47 bits per heavy atom. The van der Waals surface area contributed by atoms with Crippen molar-refractivity contribution in [2.75, 3.05) is 11.9 Å². The molecule has 9 heteroatoms. The van der Waals surface area contributed by atoms with Gasteiger partial charge in [0.05, 0.1) is 16.1 Å². The van der Waals surface area contributed by atoms with Crippen molar-refractivity contribution in [3.63, 3.8) is 0 Å². The summed E-state index contributed by atoms with van der Waals surface area (Å²) in [6.07, 6.45) is 0.476. The number of amides is 3.